The molecule has 0 aliphatic carbocycles. The third kappa shape index (κ3) is 5.85. The van der Waals surface area contributed by atoms with Crippen molar-refractivity contribution in [1.82, 2.24) is 4.90 Å². The minimum Gasteiger partial charge on any atom is -0.332 e. The van der Waals surface area contributed by atoms with Crippen LogP contribution in [0, 0.1) is 0 Å². The van der Waals surface area contributed by atoms with Crippen molar-refractivity contribution in [1.29, 1.82) is 0 Å². The Bertz CT molecular complexity index is 550. The Kier molecular flexibility index (Phi) is 7.45. The molecule has 0 fully saturated rings. The lowest BCUT2D eigenvalue weighted by Gasteiger charge is -2.26. The molecule has 0 saturated heterocycles. The van der Waals surface area contributed by atoms with Crippen LogP contribution in [0.25, 0.3) is 0 Å². The first-order valence-electron chi connectivity index (χ1n) is 8.09. The second kappa shape index (κ2) is 9.08. The zero-order valence-electron chi connectivity index (χ0n) is 14.4. The molecule has 0 radical (unpaired) electrons. The van der Waals surface area contributed by atoms with E-state index in [1.807, 2.05) is 13.8 Å². The summed E-state index contributed by atoms with van der Waals surface area (Å²) in [6.45, 7) is 7.96. The van der Waals surface area contributed by atoms with E-state index in [2.05, 4.69) is 12.2 Å². The molecule has 1 rings (SSSR count). The quantitative estimate of drug-likeness (QED) is 0.477. The van der Waals surface area contributed by atoms with E-state index in [1.165, 1.54) is 6.92 Å². The lowest BCUT2D eigenvalue weighted by atomic mass is 10.1. The topological polar surface area (TPSA) is 66.5 Å². The Morgan fingerprint density at radius 1 is 1.09 bits per heavy atom. The zero-order valence-corrected chi connectivity index (χ0v) is 14.4. The molecule has 0 aliphatic heterocycles. The molecule has 5 heteroatoms. The molecule has 5 nitrogen and oxygen atoms in total. The number of benzene rings is 1. The molecule has 0 heterocycles. The van der Waals surface area contributed by atoms with Crippen LogP contribution in [0.3, 0.4) is 0 Å². The smallest absolute Gasteiger partial charge is 0.313 e. The number of hydrogen-bond acceptors (Lipinski definition) is 3. The first-order valence-corrected chi connectivity index (χ1v) is 8.09. The van der Waals surface area contributed by atoms with Crippen LogP contribution >= 0.6 is 0 Å². The average molecular weight is 318 g/mol. The van der Waals surface area contributed by atoms with E-state index in [0.29, 0.717) is 17.8 Å². The number of carbonyl (C=O) groups excluding carboxylic acids is 3. The average Bonchev–Trinajstić information content (AvgIpc) is 2.51. The SMILES string of the molecule is CCCCCN(C(=O)C(=O)Nc1ccc(C(C)=O)cc1)C(C)C. The maximum atomic E-state index is 12.3. The fraction of sp³-hybridized carbons (Fsp3) is 0.500. The van der Waals surface area contributed by atoms with Gasteiger partial charge in [0.05, 0.1) is 0 Å². The number of carbonyl (C=O) groups is 3. The molecule has 0 spiro atoms. The number of Topliss-reactive ketones (excluding diaryl/α,β-unsaturated/α-hetero) is 1. The predicted molar refractivity (Wildman–Crippen MR) is 91.5 cm³/mol. The van der Waals surface area contributed by atoms with Crippen molar-refractivity contribution in [2.75, 3.05) is 11.9 Å². The zero-order chi connectivity index (χ0) is 17.4. The summed E-state index contributed by atoms with van der Waals surface area (Å²) in [5.74, 6) is -1.21. The van der Waals surface area contributed by atoms with Gasteiger partial charge < -0.3 is 10.2 Å². The molecule has 0 atom stereocenters. The van der Waals surface area contributed by atoms with Crippen molar-refractivity contribution >= 4 is 23.3 Å². The second-order valence-electron chi connectivity index (χ2n) is 5.89. The summed E-state index contributed by atoms with van der Waals surface area (Å²) in [6.07, 6.45) is 2.99. The minimum absolute atomic E-state index is 0.0230. The molecule has 1 N–H and O–H groups in total. The number of anilines is 1. The lowest BCUT2D eigenvalue weighted by molar-refractivity contribution is -0.144. The number of nitrogens with one attached hydrogen (secondary N) is 1. The normalized spacial score (nSPS) is 10.5. The summed E-state index contributed by atoms with van der Waals surface area (Å²) >= 11 is 0. The van der Waals surface area contributed by atoms with E-state index in [1.54, 1.807) is 29.2 Å². The van der Waals surface area contributed by atoms with Crippen molar-refractivity contribution in [3.05, 3.63) is 29.8 Å². The fourth-order valence-electron chi connectivity index (χ4n) is 2.23. The number of nitrogens with zero attached hydrogens (tertiary/aromatic N) is 1. The highest BCUT2D eigenvalue weighted by molar-refractivity contribution is 6.39. The molecule has 0 saturated carbocycles. The standard InChI is InChI=1S/C18H26N2O3/c1-5-6-7-12-20(13(2)3)18(23)17(22)19-16-10-8-15(9-11-16)14(4)21/h8-11,13H,5-7,12H2,1-4H3,(H,19,22). The maximum Gasteiger partial charge on any atom is 0.313 e. The molecule has 0 aromatic heterocycles. The highest BCUT2D eigenvalue weighted by atomic mass is 16.2. The van der Waals surface area contributed by atoms with E-state index in [0.717, 1.165) is 19.3 Å². The Morgan fingerprint density at radius 3 is 2.17 bits per heavy atom. The monoisotopic (exact) mass is 318 g/mol. The van der Waals surface area contributed by atoms with E-state index in [9.17, 15) is 14.4 Å². The highest BCUT2D eigenvalue weighted by Gasteiger charge is 2.23. The molecule has 0 aliphatic rings. The molecule has 2 amide bonds. The predicted octanol–water partition coefficient (Wildman–Crippen LogP) is 3.25. The molecule has 1 aromatic carbocycles. The van der Waals surface area contributed by atoms with E-state index in [-0.39, 0.29) is 11.8 Å². The summed E-state index contributed by atoms with van der Waals surface area (Å²) < 4.78 is 0. The van der Waals surface area contributed by atoms with Crippen LogP contribution in [-0.2, 0) is 9.59 Å². The van der Waals surface area contributed by atoms with Gasteiger partial charge in [-0.25, -0.2) is 0 Å². The van der Waals surface area contributed by atoms with Crippen LogP contribution in [0.15, 0.2) is 24.3 Å². The van der Waals surface area contributed by atoms with E-state index < -0.39 is 11.8 Å². The van der Waals surface area contributed by atoms with Crippen molar-refractivity contribution in [3.63, 3.8) is 0 Å². The summed E-state index contributed by atoms with van der Waals surface area (Å²) in [4.78, 5) is 37.3. The van der Waals surface area contributed by atoms with Crippen LogP contribution in [0.5, 0.6) is 0 Å². The Hall–Kier alpha value is -2.17. The summed E-state index contributed by atoms with van der Waals surface area (Å²) in [7, 11) is 0. The van der Waals surface area contributed by atoms with Crippen LogP contribution in [0.2, 0.25) is 0 Å². The van der Waals surface area contributed by atoms with Crippen molar-refractivity contribution in [3.8, 4) is 0 Å². The Morgan fingerprint density at radius 2 is 1.70 bits per heavy atom. The number of hydrogen-bond donors (Lipinski definition) is 1. The molecule has 23 heavy (non-hydrogen) atoms. The van der Waals surface area contributed by atoms with Crippen LogP contribution in [0.4, 0.5) is 5.69 Å². The first-order chi connectivity index (χ1) is 10.9. The van der Waals surface area contributed by atoms with Gasteiger partial charge in [-0.2, -0.15) is 0 Å². The third-order valence-corrected chi connectivity index (χ3v) is 3.63. The Balaban J connectivity index is 2.70. The molecular formula is C18H26N2O3. The van der Waals surface area contributed by atoms with Crippen molar-refractivity contribution < 1.29 is 14.4 Å². The van der Waals surface area contributed by atoms with Crippen LogP contribution < -0.4 is 5.32 Å². The third-order valence-electron chi connectivity index (χ3n) is 3.63. The van der Waals surface area contributed by atoms with Gasteiger partial charge in [-0.05, 0) is 51.5 Å². The van der Waals surface area contributed by atoms with E-state index in [4.69, 9.17) is 0 Å². The molecule has 0 unspecified atom stereocenters. The van der Waals surface area contributed by atoms with Crippen LogP contribution in [0.1, 0.15) is 57.3 Å². The second-order valence-corrected chi connectivity index (χ2v) is 5.89. The van der Waals surface area contributed by atoms with Gasteiger partial charge in [0.2, 0.25) is 0 Å². The molecule has 1 aromatic rings. The fourth-order valence-corrected chi connectivity index (χ4v) is 2.23. The minimum atomic E-state index is -0.647. The number of rotatable bonds is 7. The number of unbranched alkanes of at least 4 members (excludes halogenated alkanes) is 2. The summed E-state index contributed by atoms with van der Waals surface area (Å²) in [5, 5.41) is 2.59. The molecule has 0 bridgehead atoms. The summed E-state index contributed by atoms with van der Waals surface area (Å²) in [5.41, 5.74) is 1.07. The number of ketones is 1. The van der Waals surface area contributed by atoms with Gasteiger partial charge in [0.1, 0.15) is 0 Å². The molecular weight excluding hydrogens is 292 g/mol. The lowest BCUT2D eigenvalue weighted by Crippen LogP contribution is -2.44. The number of amides is 2. The van der Waals surface area contributed by atoms with Gasteiger partial charge in [-0.3, -0.25) is 14.4 Å². The van der Waals surface area contributed by atoms with Gasteiger partial charge in [-0.15, -0.1) is 0 Å². The highest BCUT2D eigenvalue weighted by Crippen LogP contribution is 2.11. The van der Waals surface area contributed by atoms with Crippen molar-refractivity contribution in [2.45, 2.75) is 53.0 Å². The molecule has 126 valence electrons. The van der Waals surface area contributed by atoms with Gasteiger partial charge in [0.15, 0.2) is 5.78 Å². The first kappa shape index (κ1) is 18.9. The van der Waals surface area contributed by atoms with Gasteiger partial charge in [0.25, 0.3) is 0 Å². The van der Waals surface area contributed by atoms with Gasteiger partial charge in [-0.1, -0.05) is 19.8 Å². The summed E-state index contributed by atoms with van der Waals surface area (Å²) in [6, 6.07) is 6.48. The largest absolute Gasteiger partial charge is 0.332 e. The van der Waals surface area contributed by atoms with Gasteiger partial charge >= 0.3 is 11.8 Å². The van der Waals surface area contributed by atoms with Crippen LogP contribution in [-0.4, -0.2) is 35.1 Å². The maximum absolute atomic E-state index is 12.3. The Labute approximate surface area is 138 Å². The van der Waals surface area contributed by atoms with Gasteiger partial charge in [0, 0.05) is 23.8 Å². The van der Waals surface area contributed by atoms with Crippen molar-refractivity contribution in [2.24, 2.45) is 0 Å². The van der Waals surface area contributed by atoms with E-state index >= 15 is 0 Å².